The van der Waals surface area contributed by atoms with Crippen molar-refractivity contribution in [1.82, 2.24) is 14.3 Å². The van der Waals surface area contributed by atoms with Crippen molar-refractivity contribution in [3.63, 3.8) is 0 Å². The Balaban J connectivity index is 1.03. The molecule has 2 saturated heterocycles. The lowest BCUT2D eigenvalue weighted by atomic mass is 9.78. The Morgan fingerprint density at radius 3 is 2.23 bits per heavy atom. The van der Waals surface area contributed by atoms with Gasteiger partial charge in [-0.05, 0) is 69.2 Å². The molecule has 10 atom stereocenters. The van der Waals surface area contributed by atoms with Gasteiger partial charge >= 0.3 is 17.7 Å². The van der Waals surface area contributed by atoms with E-state index in [-0.39, 0.29) is 56.4 Å². The maximum Gasteiger partial charge on any atom is 0.341 e. The number of aryl methyl sites for hydroxylation is 1. The van der Waals surface area contributed by atoms with Gasteiger partial charge in [-0.1, -0.05) is 45.9 Å². The molecule has 3 fully saturated rings. The van der Waals surface area contributed by atoms with E-state index in [0.717, 1.165) is 29.0 Å². The number of phenolic OH excluding ortho intramolecular Hbond substituents is 3. The third kappa shape index (κ3) is 10.8. The van der Waals surface area contributed by atoms with E-state index in [9.17, 15) is 54.6 Å². The summed E-state index contributed by atoms with van der Waals surface area (Å²) in [6.07, 6.45) is 8.04. The number of Topliss-reactive ketones (excluding diaryl/α,β-unsaturated/α-hetero) is 1. The second-order valence-electron chi connectivity index (χ2n) is 22.8. The van der Waals surface area contributed by atoms with Crippen LogP contribution < -0.4 is 20.5 Å². The molecular weight excluding hydrogens is 1060 g/mol. The number of benzene rings is 2. The first-order valence-electron chi connectivity index (χ1n) is 27.8. The molecule has 440 valence electrons. The first-order chi connectivity index (χ1) is 38.8. The number of phenols is 3. The van der Waals surface area contributed by atoms with E-state index in [1.165, 1.54) is 65.5 Å². The van der Waals surface area contributed by atoms with Crippen LogP contribution in [0.15, 0.2) is 58.3 Å². The molecule has 82 heavy (non-hydrogen) atoms. The van der Waals surface area contributed by atoms with Crippen LogP contribution in [0.2, 0.25) is 0 Å². The van der Waals surface area contributed by atoms with Gasteiger partial charge in [0.2, 0.25) is 0 Å². The van der Waals surface area contributed by atoms with Gasteiger partial charge < -0.3 is 59.8 Å². The number of amides is 1. The van der Waals surface area contributed by atoms with Gasteiger partial charge in [-0.15, -0.1) is 0 Å². The van der Waals surface area contributed by atoms with Crippen LogP contribution in [0.4, 0.5) is 15.8 Å². The zero-order valence-electron chi connectivity index (χ0n) is 47.7. The summed E-state index contributed by atoms with van der Waals surface area (Å²) in [7, 11) is 1.42. The van der Waals surface area contributed by atoms with E-state index < -0.39 is 112 Å². The van der Waals surface area contributed by atoms with Gasteiger partial charge in [-0.2, -0.15) is 5.10 Å². The molecule has 1 saturated carbocycles. The molecule has 5 bridgehead atoms. The molecule has 5 aliphatic heterocycles. The molecule has 10 rings (SSSR count). The highest BCUT2D eigenvalue weighted by atomic mass is 19.1. The number of aromatic hydroxyl groups is 3. The number of nitrogens with zero attached hydrogens (tertiary/aromatic N) is 5. The number of piperazine rings is 1. The van der Waals surface area contributed by atoms with Crippen LogP contribution in [-0.4, -0.2) is 157 Å². The van der Waals surface area contributed by atoms with E-state index >= 15 is 4.39 Å². The molecule has 2 aromatic heterocycles. The van der Waals surface area contributed by atoms with Gasteiger partial charge in [0, 0.05) is 106 Å². The molecule has 7 N–H and O–H groups in total. The number of halogens is 1. The molecule has 2 aromatic carbocycles. The number of hydrazone groups is 1. The number of aliphatic hydroxyl groups is 2. The summed E-state index contributed by atoms with van der Waals surface area (Å²) < 4.78 is 41.1. The van der Waals surface area contributed by atoms with Crippen LogP contribution in [0.1, 0.15) is 117 Å². The number of hydrogen-bond acceptors (Lipinski definition) is 18. The molecule has 6 aliphatic rings. The number of ketones is 1. The van der Waals surface area contributed by atoms with Crippen molar-refractivity contribution in [3.8, 4) is 23.0 Å². The lowest BCUT2D eigenvalue weighted by Gasteiger charge is -2.38. The quantitative estimate of drug-likeness (QED) is 0.0422. The number of aromatic nitrogens is 1. The summed E-state index contributed by atoms with van der Waals surface area (Å²) in [6, 6.07) is 1.46. The number of carbonyl (C=O) groups is 4. The Labute approximate surface area is 473 Å². The van der Waals surface area contributed by atoms with E-state index in [0.29, 0.717) is 62.5 Å². The largest absolute Gasteiger partial charge is 0.507 e. The monoisotopic (exact) mass is 1140 g/mol. The zero-order valence-corrected chi connectivity index (χ0v) is 47.7. The smallest absolute Gasteiger partial charge is 0.341 e. The summed E-state index contributed by atoms with van der Waals surface area (Å²) >= 11 is 0. The van der Waals surface area contributed by atoms with Crippen molar-refractivity contribution < 1.29 is 73.2 Å². The summed E-state index contributed by atoms with van der Waals surface area (Å²) in [6.45, 7) is 17.0. The van der Waals surface area contributed by atoms with Gasteiger partial charge in [-0.25, -0.2) is 9.18 Å². The maximum atomic E-state index is 16.1. The van der Waals surface area contributed by atoms with Crippen LogP contribution in [0.25, 0.3) is 16.3 Å². The zero-order chi connectivity index (χ0) is 59.5. The minimum atomic E-state index is -2.12. The van der Waals surface area contributed by atoms with Crippen LogP contribution in [0.3, 0.4) is 0 Å². The number of aliphatic hydroxyl groups excluding tert-OH is 2. The number of hydrogen-bond donors (Lipinski definition) is 7. The Morgan fingerprint density at radius 1 is 0.890 bits per heavy atom. The van der Waals surface area contributed by atoms with Crippen molar-refractivity contribution in [2.75, 3.05) is 56.6 Å². The molecule has 4 aromatic rings. The lowest BCUT2D eigenvalue weighted by molar-refractivity contribution is -0.160. The molecule has 1 unspecified atom stereocenters. The van der Waals surface area contributed by atoms with Crippen molar-refractivity contribution >= 4 is 57.5 Å². The number of methoxy groups -OCH3 is 1. The van der Waals surface area contributed by atoms with Crippen molar-refractivity contribution in [2.24, 2.45) is 28.8 Å². The number of carboxylic acids is 1. The van der Waals surface area contributed by atoms with Gasteiger partial charge in [-0.3, -0.25) is 33.5 Å². The Morgan fingerprint density at radius 2 is 1.59 bits per heavy atom. The molecular formula is C60H73FN6O15. The Hall–Kier alpha value is -7.53. The highest BCUT2D eigenvalue weighted by Crippen LogP contribution is 2.55. The fraction of sp³-hybridized carbons (Fsp3) is 0.500. The summed E-state index contributed by atoms with van der Waals surface area (Å²) in [5.74, 6) is -10.9. The maximum absolute atomic E-state index is 16.1. The second kappa shape index (κ2) is 23.0. The molecule has 1 aliphatic carbocycles. The lowest BCUT2D eigenvalue weighted by Crippen LogP contribution is -2.49. The normalized spacial score (nSPS) is 27.8. The van der Waals surface area contributed by atoms with E-state index in [1.54, 1.807) is 51.8 Å². The van der Waals surface area contributed by atoms with E-state index in [2.05, 4.69) is 10.2 Å². The number of fused-ring (bicyclic) bond motifs is 15. The molecule has 0 radical (unpaired) electrons. The van der Waals surface area contributed by atoms with Gasteiger partial charge in [0.25, 0.3) is 17.2 Å². The van der Waals surface area contributed by atoms with Crippen molar-refractivity contribution in [2.45, 2.75) is 124 Å². The topological polar surface area (TPSA) is 282 Å². The number of ether oxygens (including phenoxy) is 4. The minimum Gasteiger partial charge on any atom is -0.507 e. The molecule has 1 amide bonds. The predicted octanol–water partition coefficient (Wildman–Crippen LogP) is 6.62. The number of anilines is 2. The minimum absolute atomic E-state index is 0.00870. The van der Waals surface area contributed by atoms with Gasteiger partial charge in [0.1, 0.15) is 28.9 Å². The molecule has 21 nitrogen and oxygen atoms in total. The van der Waals surface area contributed by atoms with E-state index in [4.69, 9.17) is 24.0 Å². The first-order valence-corrected chi connectivity index (χ1v) is 27.8. The number of esters is 1. The number of carbonyl (C=O) groups excluding carboxylic acids is 3. The molecule has 7 heterocycles. The number of nitrogens with one attached hydrogen (secondary N) is 1. The first kappa shape index (κ1) is 59.1. The fourth-order valence-corrected chi connectivity index (χ4v) is 12.3. The van der Waals surface area contributed by atoms with Gasteiger partial charge in [0.05, 0.1) is 70.4 Å². The SMILES string of the molecule is CO[C@H]1C=CO[C@@]2(C)Oc3c(C)c(O)c4c(O)c(c(C=NN5CCN(C6CCN(c7c(F)cn8c(=O)c(C(=O)O)cc(C9CC9)c8c7C)C6)CC5)c(O)c4c3C2=O)NC(=O)C(C)=CC=C[C@H](C)[C@H](O)[C@@H](C)[C@@H](O)[C@@H](C)[C@H](OC(C)=O)[C@@H]1C. The predicted molar refractivity (Wildman–Crippen MR) is 302 cm³/mol. The summed E-state index contributed by atoms with van der Waals surface area (Å²) in [5, 5.41) is 77.9. The summed E-state index contributed by atoms with van der Waals surface area (Å²) in [5.41, 5.74) is 0.370. The second-order valence-corrected chi connectivity index (χ2v) is 22.8. The third-order valence-electron chi connectivity index (χ3n) is 17.4. The van der Waals surface area contributed by atoms with Gasteiger partial charge in [0.15, 0.2) is 11.6 Å². The standard InChI is InChI=1S/C60H73FN6O15/c1-28-12-11-13-29(2)57(75)63-46-40(25-62-66-21-19-64(20-22-66)37-16-18-65(26-37)48-31(4)47-38(36-14-15-36)24-39(59(77)78)58(76)67(47)27-41(48)61)52(72)43-44(53(46)73)51(71)34(7)55-45(43)56(74)60(9,82-55)80-23-17-42(79-10)30(3)54(81-35(8)68)33(6)50(70)32(5)49(28)69/h11-13,17,23-25,27-28,30,32-33,36-37,42,49-50,54,69-73H,14-16,18-22,26H2,1-10H3,(H,63,75)(H,77,78)/t28-,30+,32+,33+,37?,42-,49-,50+,54+,60-/m0/s1. The third-order valence-corrected chi connectivity index (χ3v) is 17.4. The van der Waals surface area contributed by atoms with Crippen LogP contribution in [-0.2, 0) is 23.8 Å². The average molecular weight is 1140 g/mol. The van der Waals surface area contributed by atoms with E-state index in [1.807, 2.05) is 4.90 Å². The number of allylic oxidation sites excluding steroid dienone is 2. The number of pyridine rings is 2. The van der Waals surface area contributed by atoms with Crippen LogP contribution in [0.5, 0.6) is 23.0 Å². The average Bonchev–Trinajstić information content (AvgIpc) is 2.57. The number of rotatable bonds is 8. The molecule has 0 spiro atoms. The Kier molecular flexibility index (Phi) is 16.6. The molecule has 22 heteroatoms. The van der Waals surface area contributed by atoms with Crippen LogP contribution in [0, 0.1) is 43.3 Å². The fourth-order valence-electron chi connectivity index (χ4n) is 12.3. The highest BCUT2D eigenvalue weighted by Gasteiger charge is 2.50. The Bertz CT molecular complexity index is 3440. The van der Waals surface area contributed by atoms with Crippen molar-refractivity contribution in [1.29, 1.82) is 0 Å². The van der Waals surface area contributed by atoms with Crippen LogP contribution >= 0.6 is 0 Å². The summed E-state index contributed by atoms with van der Waals surface area (Å²) in [4.78, 5) is 70.8. The number of aromatic carboxylic acids is 1. The highest BCUT2D eigenvalue weighted by molar-refractivity contribution is 6.24. The number of carboxylic acid groups (broad SMARTS) is 1. The van der Waals surface area contributed by atoms with Crippen molar-refractivity contribution in [3.05, 3.63) is 98.0 Å².